The van der Waals surface area contributed by atoms with Gasteiger partial charge in [-0.2, -0.15) is 0 Å². The molecule has 1 amide bonds. The highest BCUT2D eigenvalue weighted by molar-refractivity contribution is 5.92. The van der Waals surface area contributed by atoms with Crippen LogP contribution in [0, 0.1) is 13.8 Å². The maximum absolute atomic E-state index is 12.0. The Morgan fingerprint density at radius 1 is 1.32 bits per heavy atom. The minimum absolute atomic E-state index is 0.0761. The molecule has 1 aromatic rings. The number of rotatable bonds is 6. The van der Waals surface area contributed by atoms with Gasteiger partial charge in [0.25, 0.3) is 0 Å². The van der Waals surface area contributed by atoms with Crippen LogP contribution in [0.15, 0.2) is 24.8 Å². The molecule has 1 N–H and O–H groups in total. The number of nitrogens with one attached hydrogen (secondary N) is 1. The van der Waals surface area contributed by atoms with Crippen molar-refractivity contribution in [2.24, 2.45) is 0 Å². The third-order valence-corrected chi connectivity index (χ3v) is 3.97. The van der Waals surface area contributed by atoms with Gasteiger partial charge in [0.15, 0.2) is 0 Å². The zero-order chi connectivity index (χ0) is 15.9. The molecule has 0 radical (unpaired) electrons. The van der Waals surface area contributed by atoms with E-state index in [-0.39, 0.29) is 5.91 Å². The zero-order valence-corrected chi connectivity index (χ0v) is 13.7. The third-order valence-electron chi connectivity index (χ3n) is 3.97. The van der Waals surface area contributed by atoms with Crippen LogP contribution in [-0.4, -0.2) is 32.2 Å². The molecular formula is C18H26N2O2. The monoisotopic (exact) mass is 302 g/mol. The average molecular weight is 302 g/mol. The van der Waals surface area contributed by atoms with Gasteiger partial charge in [-0.3, -0.25) is 4.79 Å². The van der Waals surface area contributed by atoms with Gasteiger partial charge in [0, 0.05) is 30.9 Å². The van der Waals surface area contributed by atoms with Crippen molar-refractivity contribution < 1.29 is 9.53 Å². The van der Waals surface area contributed by atoms with Gasteiger partial charge in [0.1, 0.15) is 0 Å². The standard InChI is InChI=1S/C18H26N2O2/c1-4-5-6-7-17(21)19-18-14(2)12-16(13-15(18)3)20-8-10-22-11-9-20/h4,12-13H,1,5-11H2,2-3H3,(H,19,21). The molecule has 4 heteroatoms. The molecule has 1 heterocycles. The quantitative estimate of drug-likeness (QED) is 0.646. The van der Waals surface area contributed by atoms with E-state index in [9.17, 15) is 4.79 Å². The van der Waals surface area contributed by atoms with E-state index in [0.717, 1.165) is 56.0 Å². The molecule has 0 saturated carbocycles. The minimum atomic E-state index is 0.0761. The minimum Gasteiger partial charge on any atom is -0.378 e. The summed E-state index contributed by atoms with van der Waals surface area (Å²) in [5.41, 5.74) is 4.38. The molecule has 0 bridgehead atoms. The summed E-state index contributed by atoms with van der Waals surface area (Å²) in [5, 5.41) is 3.05. The fraction of sp³-hybridized carbons (Fsp3) is 0.500. The number of carbonyl (C=O) groups is 1. The molecule has 0 aromatic heterocycles. The van der Waals surface area contributed by atoms with Crippen LogP contribution in [0.4, 0.5) is 11.4 Å². The number of allylic oxidation sites excluding steroid dienone is 1. The van der Waals surface area contributed by atoms with Crippen LogP contribution >= 0.6 is 0 Å². The maximum atomic E-state index is 12.0. The molecule has 1 fully saturated rings. The number of aryl methyl sites for hydroxylation is 2. The summed E-state index contributed by atoms with van der Waals surface area (Å²) in [5.74, 6) is 0.0761. The number of hydrogen-bond acceptors (Lipinski definition) is 3. The van der Waals surface area contributed by atoms with Gasteiger partial charge in [-0.05, 0) is 49.9 Å². The van der Waals surface area contributed by atoms with E-state index < -0.39 is 0 Å². The Morgan fingerprint density at radius 3 is 2.55 bits per heavy atom. The van der Waals surface area contributed by atoms with Crippen LogP contribution in [0.25, 0.3) is 0 Å². The second kappa shape index (κ2) is 7.99. The Kier molecular flexibility index (Phi) is 6.01. The second-order valence-electron chi connectivity index (χ2n) is 5.78. The van der Waals surface area contributed by atoms with Crippen LogP contribution in [0.2, 0.25) is 0 Å². The fourth-order valence-corrected chi connectivity index (χ4v) is 2.75. The van der Waals surface area contributed by atoms with E-state index in [0.29, 0.717) is 6.42 Å². The smallest absolute Gasteiger partial charge is 0.224 e. The summed E-state index contributed by atoms with van der Waals surface area (Å²) in [6.07, 6.45) is 4.11. The normalized spacial score (nSPS) is 14.7. The number of amides is 1. The van der Waals surface area contributed by atoms with E-state index >= 15 is 0 Å². The number of nitrogens with zero attached hydrogens (tertiary/aromatic N) is 1. The lowest BCUT2D eigenvalue weighted by atomic mass is 10.1. The molecule has 120 valence electrons. The van der Waals surface area contributed by atoms with E-state index in [4.69, 9.17) is 4.74 Å². The predicted octanol–water partition coefficient (Wildman–Crippen LogP) is 3.43. The summed E-state index contributed by atoms with van der Waals surface area (Å²) in [6.45, 7) is 11.2. The Labute approximate surface area is 133 Å². The SMILES string of the molecule is C=CCCCC(=O)Nc1c(C)cc(N2CCOCC2)cc1C. The first-order chi connectivity index (χ1) is 10.6. The summed E-state index contributed by atoms with van der Waals surface area (Å²) in [4.78, 5) is 14.3. The third kappa shape index (κ3) is 4.34. The number of anilines is 2. The Balaban J connectivity index is 2.06. The summed E-state index contributed by atoms with van der Waals surface area (Å²) in [6, 6.07) is 4.30. The van der Waals surface area contributed by atoms with Crippen molar-refractivity contribution in [2.45, 2.75) is 33.1 Å². The van der Waals surface area contributed by atoms with Crippen molar-refractivity contribution in [1.82, 2.24) is 0 Å². The summed E-state index contributed by atoms with van der Waals surface area (Å²) in [7, 11) is 0. The molecule has 1 saturated heterocycles. The van der Waals surface area contributed by atoms with Crippen molar-refractivity contribution in [3.05, 3.63) is 35.9 Å². The average Bonchev–Trinajstić information content (AvgIpc) is 2.52. The largest absolute Gasteiger partial charge is 0.378 e. The summed E-state index contributed by atoms with van der Waals surface area (Å²) < 4.78 is 5.40. The van der Waals surface area contributed by atoms with Crippen LogP contribution < -0.4 is 10.2 Å². The molecule has 1 aliphatic rings. The van der Waals surface area contributed by atoms with E-state index in [1.807, 2.05) is 6.08 Å². The Hall–Kier alpha value is -1.81. The second-order valence-corrected chi connectivity index (χ2v) is 5.78. The molecule has 2 rings (SSSR count). The highest BCUT2D eigenvalue weighted by atomic mass is 16.5. The lowest BCUT2D eigenvalue weighted by Gasteiger charge is -2.30. The first kappa shape index (κ1) is 16.6. The molecule has 0 atom stereocenters. The number of morpholine rings is 1. The molecule has 1 aliphatic heterocycles. The van der Waals surface area contributed by atoms with Crippen LogP contribution in [-0.2, 0) is 9.53 Å². The van der Waals surface area contributed by atoms with E-state index in [2.05, 4.69) is 42.8 Å². The molecule has 0 spiro atoms. The molecular weight excluding hydrogens is 276 g/mol. The van der Waals surface area contributed by atoms with Crippen LogP contribution in [0.5, 0.6) is 0 Å². The fourth-order valence-electron chi connectivity index (χ4n) is 2.75. The highest BCUT2D eigenvalue weighted by Gasteiger charge is 2.14. The maximum Gasteiger partial charge on any atom is 0.224 e. The number of ether oxygens (including phenoxy) is 1. The van der Waals surface area contributed by atoms with Crippen LogP contribution in [0.1, 0.15) is 30.4 Å². The Morgan fingerprint density at radius 2 is 1.95 bits per heavy atom. The number of carbonyl (C=O) groups excluding carboxylic acids is 1. The lowest BCUT2D eigenvalue weighted by Crippen LogP contribution is -2.36. The highest BCUT2D eigenvalue weighted by Crippen LogP contribution is 2.28. The Bertz CT molecular complexity index is 511. The van der Waals surface area contributed by atoms with Gasteiger partial charge in [0.05, 0.1) is 13.2 Å². The number of unbranched alkanes of at least 4 members (excludes halogenated alkanes) is 1. The van der Waals surface area contributed by atoms with Gasteiger partial charge in [-0.15, -0.1) is 6.58 Å². The molecule has 1 aromatic carbocycles. The summed E-state index contributed by atoms with van der Waals surface area (Å²) >= 11 is 0. The van der Waals surface area contributed by atoms with E-state index in [1.54, 1.807) is 0 Å². The topological polar surface area (TPSA) is 41.6 Å². The van der Waals surface area contributed by atoms with Gasteiger partial charge in [-0.25, -0.2) is 0 Å². The van der Waals surface area contributed by atoms with E-state index in [1.165, 1.54) is 5.69 Å². The lowest BCUT2D eigenvalue weighted by molar-refractivity contribution is -0.116. The number of benzene rings is 1. The molecule has 0 aliphatic carbocycles. The first-order valence-electron chi connectivity index (χ1n) is 7.96. The molecule has 4 nitrogen and oxygen atoms in total. The van der Waals surface area contributed by atoms with Gasteiger partial charge in [-0.1, -0.05) is 6.08 Å². The van der Waals surface area contributed by atoms with Gasteiger partial charge < -0.3 is 15.0 Å². The van der Waals surface area contributed by atoms with Crippen molar-refractivity contribution in [3.63, 3.8) is 0 Å². The van der Waals surface area contributed by atoms with Gasteiger partial charge >= 0.3 is 0 Å². The number of hydrogen-bond donors (Lipinski definition) is 1. The van der Waals surface area contributed by atoms with Crippen molar-refractivity contribution in [3.8, 4) is 0 Å². The molecule has 0 unspecified atom stereocenters. The zero-order valence-electron chi connectivity index (χ0n) is 13.7. The van der Waals surface area contributed by atoms with Crippen molar-refractivity contribution in [1.29, 1.82) is 0 Å². The van der Waals surface area contributed by atoms with Crippen LogP contribution in [0.3, 0.4) is 0 Å². The molecule has 22 heavy (non-hydrogen) atoms. The van der Waals surface area contributed by atoms with Crippen molar-refractivity contribution >= 4 is 17.3 Å². The first-order valence-corrected chi connectivity index (χ1v) is 7.96. The van der Waals surface area contributed by atoms with Gasteiger partial charge in [0.2, 0.25) is 5.91 Å². The van der Waals surface area contributed by atoms with Crippen molar-refractivity contribution in [2.75, 3.05) is 36.5 Å². The predicted molar refractivity (Wildman–Crippen MR) is 91.6 cm³/mol.